The Morgan fingerprint density at radius 2 is 1.93 bits per heavy atom. The van der Waals surface area contributed by atoms with Crippen molar-refractivity contribution in [2.45, 2.75) is 51.8 Å². The van der Waals surface area contributed by atoms with Gasteiger partial charge in [0.05, 0.1) is 12.9 Å². The van der Waals surface area contributed by atoms with Gasteiger partial charge in [-0.05, 0) is 39.7 Å². The lowest BCUT2D eigenvalue weighted by Gasteiger charge is -2.40. The molecule has 0 unspecified atom stereocenters. The Bertz CT molecular complexity index is 746. The Labute approximate surface area is 168 Å². The van der Waals surface area contributed by atoms with Gasteiger partial charge in [-0.15, -0.1) is 0 Å². The molecule has 0 aliphatic carbocycles. The minimum atomic E-state index is -3.51. The Morgan fingerprint density at radius 3 is 2.50 bits per heavy atom. The van der Waals surface area contributed by atoms with Crippen LogP contribution < -0.4 is 5.32 Å². The molecule has 1 aliphatic heterocycles. The largest absolute Gasteiger partial charge is 0.444 e. The monoisotopic (exact) mass is 412 g/mol. The number of likely N-dealkylation sites (tertiary alicyclic amines) is 1. The predicted octanol–water partition coefficient (Wildman–Crippen LogP) is 2.94. The first kappa shape index (κ1) is 22.6. The summed E-state index contributed by atoms with van der Waals surface area (Å²) in [7, 11) is -3.51. The molecule has 1 fully saturated rings. The summed E-state index contributed by atoms with van der Waals surface area (Å²) in [5.41, 5.74) is 0.563. The molecule has 7 nitrogen and oxygen atoms in total. The van der Waals surface area contributed by atoms with Crippen LogP contribution in [0, 0.1) is 5.92 Å². The molecular formula is C20H32N2O5S. The van der Waals surface area contributed by atoms with Crippen LogP contribution in [-0.4, -0.2) is 57.0 Å². The van der Waals surface area contributed by atoms with Crippen LogP contribution in [0.4, 0.5) is 4.79 Å². The van der Waals surface area contributed by atoms with Gasteiger partial charge < -0.3 is 15.0 Å². The molecule has 0 bridgehead atoms. The van der Waals surface area contributed by atoms with Crippen LogP contribution in [0.5, 0.6) is 0 Å². The molecular weight excluding hydrogens is 380 g/mol. The maximum atomic E-state index is 12.5. The summed E-state index contributed by atoms with van der Waals surface area (Å²) < 4.78 is 33.4. The Kier molecular flexibility index (Phi) is 7.47. The lowest BCUT2D eigenvalue weighted by Crippen LogP contribution is -2.55. The minimum Gasteiger partial charge on any atom is -0.444 e. The van der Waals surface area contributed by atoms with Crippen molar-refractivity contribution in [2.24, 2.45) is 5.92 Å². The standard InChI is InChI=1S/C20H32N2O5S/c1-15(16-9-7-6-8-10-16)21-18-13-22(19(23)27-20(2,3)4)12-11-17(18)14-26-28(5,24)25/h6-10,15,17-18,21H,11-14H2,1-5H3/t15-,17-,18-/m1/s1. The highest BCUT2D eigenvalue weighted by Crippen LogP contribution is 2.24. The highest BCUT2D eigenvalue weighted by molar-refractivity contribution is 7.85. The zero-order valence-electron chi connectivity index (χ0n) is 17.3. The molecule has 8 heteroatoms. The Morgan fingerprint density at radius 1 is 1.29 bits per heavy atom. The van der Waals surface area contributed by atoms with E-state index in [0.29, 0.717) is 19.5 Å². The quantitative estimate of drug-likeness (QED) is 0.723. The lowest BCUT2D eigenvalue weighted by molar-refractivity contribution is 0.0103. The first-order valence-corrected chi connectivity index (χ1v) is 11.4. The SMILES string of the molecule is C[C@@H](N[C@@H]1CN(C(=O)OC(C)(C)C)CC[C@@H]1COS(C)(=O)=O)c1ccccc1. The van der Waals surface area contributed by atoms with E-state index in [2.05, 4.69) is 12.2 Å². The van der Waals surface area contributed by atoms with E-state index in [1.165, 1.54) is 0 Å². The van der Waals surface area contributed by atoms with Gasteiger partial charge in [0.2, 0.25) is 0 Å². The molecule has 3 atom stereocenters. The fraction of sp³-hybridized carbons (Fsp3) is 0.650. The van der Waals surface area contributed by atoms with Gasteiger partial charge in [-0.2, -0.15) is 8.42 Å². The number of carbonyl (C=O) groups is 1. The van der Waals surface area contributed by atoms with Gasteiger partial charge in [-0.25, -0.2) is 4.79 Å². The third kappa shape index (κ3) is 7.41. The molecule has 0 radical (unpaired) electrons. The van der Waals surface area contributed by atoms with Crippen molar-refractivity contribution in [3.63, 3.8) is 0 Å². The highest BCUT2D eigenvalue weighted by Gasteiger charge is 2.35. The van der Waals surface area contributed by atoms with Crippen LogP contribution >= 0.6 is 0 Å². The molecule has 1 amide bonds. The number of rotatable bonds is 6. The number of nitrogens with zero attached hydrogens (tertiary/aromatic N) is 1. The fourth-order valence-corrected chi connectivity index (χ4v) is 3.67. The van der Waals surface area contributed by atoms with Gasteiger partial charge in [0.15, 0.2) is 0 Å². The second kappa shape index (κ2) is 9.24. The molecule has 1 aliphatic rings. The molecule has 0 saturated carbocycles. The van der Waals surface area contributed by atoms with Crippen molar-refractivity contribution in [1.29, 1.82) is 0 Å². The van der Waals surface area contributed by atoms with E-state index >= 15 is 0 Å². The van der Waals surface area contributed by atoms with Gasteiger partial charge in [0, 0.05) is 31.1 Å². The number of carbonyl (C=O) groups excluding carboxylic acids is 1. The maximum Gasteiger partial charge on any atom is 0.410 e. The van der Waals surface area contributed by atoms with Crippen molar-refractivity contribution < 1.29 is 22.1 Å². The van der Waals surface area contributed by atoms with Crippen LogP contribution in [0.15, 0.2) is 30.3 Å². The number of nitrogens with one attached hydrogen (secondary N) is 1. The average molecular weight is 413 g/mol. The van der Waals surface area contributed by atoms with E-state index in [4.69, 9.17) is 8.92 Å². The second-order valence-corrected chi connectivity index (χ2v) is 10.0. The first-order chi connectivity index (χ1) is 12.9. The van der Waals surface area contributed by atoms with Crippen molar-refractivity contribution in [3.8, 4) is 0 Å². The van der Waals surface area contributed by atoms with E-state index in [0.717, 1.165) is 11.8 Å². The molecule has 0 spiro atoms. The van der Waals surface area contributed by atoms with E-state index in [9.17, 15) is 13.2 Å². The smallest absolute Gasteiger partial charge is 0.410 e. The molecule has 158 valence electrons. The van der Waals surface area contributed by atoms with Crippen LogP contribution in [0.3, 0.4) is 0 Å². The molecule has 1 aromatic carbocycles. The van der Waals surface area contributed by atoms with Crippen LogP contribution in [0.1, 0.15) is 45.7 Å². The van der Waals surface area contributed by atoms with Crippen molar-refractivity contribution >= 4 is 16.2 Å². The molecule has 1 saturated heterocycles. The zero-order chi connectivity index (χ0) is 20.9. The second-order valence-electron chi connectivity index (χ2n) is 8.37. The predicted molar refractivity (Wildman–Crippen MR) is 108 cm³/mol. The third-order valence-corrected chi connectivity index (χ3v) is 5.23. The summed E-state index contributed by atoms with van der Waals surface area (Å²) in [5, 5.41) is 3.54. The van der Waals surface area contributed by atoms with E-state index < -0.39 is 15.7 Å². The third-order valence-electron chi connectivity index (χ3n) is 4.67. The van der Waals surface area contributed by atoms with Crippen LogP contribution in [-0.2, 0) is 19.0 Å². The first-order valence-electron chi connectivity index (χ1n) is 9.58. The van der Waals surface area contributed by atoms with Crippen molar-refractivity contribution in [1.82, 2.24) is 10.2 Å². The van der Waals surface area contributed by atoms with Gasteiger partial charge in [-0.3, -0.25) is 4.18 Å². The minimum absolute atomic E-state index is 0.0282. The van der Waals surface area contributed by atoms with Gasteiger partial charge in [-0.1, -0.05) is 30.3 Å². The average Bonchev–Trinajstić information content (AvgIpc) is 2.59. The molecule has 2 rings (SSSR count). The number of piperidine rings is 1. The van der Waals surface area contributed by atoms with Gasteiger partial charge in [0.1, 0.15) is 5.60 Å². The van der Waals surface area contributed by atoms with Gasteiger partial charge >= 0.3 is 6.09 Å². The molecule has 1 N–H and O–H groups in total. The van der Waals surface area contributed by atoms with Crippen LogP contribution in [0.25, 0.3) is 0 Å². The summed E-state index contributed by atoms with van der Waals surface area (Å²) in [5.74, 6) is -0.0282. The summed E-state index contributed by atoms with van der Waals surface area (Å²) in [6.45, 7) is 8.60. The maximum absolute atomic E-state index is 12.5. The van der Waals surface area contributed by atoms with Crippen LogP contribution in [0.2, 0.25) is 0 Å². The Hall–Kier alpha value is -1.64. The number of benzene rings is 1. The number of ether oxygens (including phenoxy) is 1. The molecule has 0 aromatic heterocycles. The van der Waals surface area contributed by atoms with E-state index in [1.807, 2.05) is 51.1 Å². The van der Waals surface area contributed by atoms with E-state index in [-0.39, 0.29) is 30.7 Å². The normalized spacial score (nSPS) is 22.0. The lowest BCUT2D eigenvalue weighted by atomic mass is 9.91. The zero-order valence-corrected chi connectivity index (χ0v) is 18.2. The number of hydrogen-bond donors (Lipinski definition) is 1. The summed E-state index contributed by atoms with van der Waals surface area (Å²) >= 11 is 0. The van der Waals surface area contributed by atoms with Gasteiger partial charge in [0.25, 0.3) is 10.1 Å². The molecule has 1 heterocycles. The van der Waals surface area contributed by atoms with Crippen molar-refractivity contribution in [2.75, 3.05) is 26.0 Å². The summed E-state index contributed by atoms with van der Waals surface area (Å²) in [6.07, 6.45) is 1.33. The van der Waals surface area contributed by atoms with Crippen molar-refractivity contribution in [3.05, 3.63) is 35.9 Å². The fourth-order valence-electron chi connectivity index (χ4n) is 3.25. The summed E-state index contributed by atoms with van der Waals surface area (Å²) in [4.78, 5) is 14.2. The number of amides is 1. The summed E-state index contributed by atoms with van der Waals surface area (Å²) in [6, 6.07) is 9.92. The molecule has 1 aromatic rings. The Balaban J connectivity index is 2.10. The van der Waals surface area contributed by atoms with E-state index in [1.54, 1.807) is 4.90 Å². The number of hydrogen-bond acceptors (Lipinski definition) is 6. The molecule has 28 heavy (non-hydrogen) atoms. The highest BCUT2D eigenvalue weighted by atomic mass is 32.2. The topological polar surface area (TPSA) is 84.9 Å².